The number of rotatable bonds is 3. The lowest BCUT2D eigenvalue weighted by Crippen LogP contribution is -2.50. The Balaban J connectivity index is 2.45. The van der Waals surface area contributed by atoms with Gasteiger partial charge in [-0.05, 0) is 55.7 Å². The summed E-state index contributed by atoms with van der Waals surface area (Å²) in [4.78, 5) is 0.321. The second kappa shape index (κ2) is 4.89. The molecule has 1 aromatic carbocycles. The summed E-state index contributed by atoms with van der Waals surface area (Å²) in [5.74, 6) is 0.750. The molecule has 0 aromatic heterocycles. The van der Waals surface area contributed by atoms with E-state index in [-0.39, 0.29) is 0 Å². The predicted octanol–water partition coefficient (Wildman–Crippen LogP) is 3.41. The molecular formula is C16H21NO2S. The number of hydrogen-bond acceptors (Lipinski definition) is 3. The molecule has 0 bridgehead atoms. The van der Waals surface area contributed by atoms with Crippen molar-refractivity contribution in [3.63, 3.8) is 0 Å². The molecule has 4 heteroatoms. The van der Waals surface area contributed by atoms with Crippen molar-refractivity contribution in [3.05, 3.63) is 29.3 Å². The third-order valence-corrected chi connectivity index (χ3v) is 6.95. The van der Waals surface area contributed by atoms with Crippen LogP contribution in [-0.4, -0.2) is 13.2 Å². The average Bonchev–Trinajstić information content (AvgIpc) is 2.30. The van der Waals surface area contributed by atoms with Crippen LogP contribution in [-0.2, 0) is 9.84 Å². The van der Waals surface area contributed by atoms with Crippen LogP contribution in [0, 0.1) is 37.0 Å². The van der Waals surface area contributed by atoms with E-state index in [0.717, 1.165) is 11.1 Å². The van der Waals surface area contributed by atoms with Crippen molar-refractivity contribution >= 4 is 9.84 Å². The molecule has 0 amide bonds. The first kappa shape index (κ1) is 15.1. The third kappa shape index (κ3) is 2.14. The van der Waals surface area contributed by atoms with Gasteiger partial charge in [0, 0.05) is 0 Å². The molecule has 0 radical (unpaired) electrons. The van der Waals surface area contributed by atoms with Crippen molar-refractivity contribution in [2.75, 3.05) is 0 Å². The Morgan fingerprint density at radius 1 is 1.30 bits per heavy atom. The fourth-order valence-corrected chi connectivity index (χ4v) is 5.08. The fourth-order valence-electron chi connectivity index (χ4n) is 2.84. The third-order valence-electron chi connectivity index (χ3n) is 4.48. The fraction of sp³-hybridized carbons (Fsp3) is 0.562. The highest BCUT2D eigenvalue weighted by Gasteiger charge is 2.56. The molecule has 0 N–H and O–H groups in total. The van der Waals surface area contributed by atoms with E-state index < -0.39 is 14.6 Å². The van der Waals surface area contributed by atoms with Crippen LogP contribution in [0.15, 0.2) is 23.1 Å². The average molecular weight is 291 g/mol. The summed E-state index contributed by atoms with van der Waals surface area (Å²) in [6.07, 6.45) is 0.910. The first-order chi connectivity index (χ1) is 9.23. The minimum atomic E-state index is -3.59. The Bertz CT molecular complexity index is 662. The summed E-state index contributed by atoms with van der Waals surface area (Å²) in [7, 11) is -3.59. The van der Waals surface area contributed by atoms with Crippen LogP contribution in [0.5, 0.6) is 0 Å². The van der Waals surface area contributed by atoms with E-state index in [1.54, 1.807) is 13.0 Å². The molecule has 0 spiro atoms. The van der Waals surface area contributed by atoms with E-state index >= 15 is 0 Å². The monoisotopic (exact) mass is 291 g/mol. The standard InChI is InChI=1S/C16H21NO2S/c1-11(2)14-8-16(9-14,10-17)20(18,19)15-7-12(3)5-6-13(15)4/h5-7,11,14H,8-9H2,1-4H3. The lowest BCUT2D eigenvalue weighted by atomic mass is 9.69. The van der Waals surface area contributed by atoms with Crippen LogP contribution in [0.1, 0.15) is 37.8 Å². The molecule has 0 heterocycles. The van der Waals surface area contributed by atoms with Gasteiger partial charge in [-0.15, -0.1) is 0 Å². The smallest absolute Gasteiger partial charge is 0.197 e. The zero-order valence-electron chi connectivity index (χ0n) is 12.5. The van der Waals surface area contributed by atoms with E-state index in [0.29, 0.717) is 29.6 Å². The van der Waals surface area contributed by atoms with Gasteiger partial charge < -0.3 is 0 Å². The number of sulfone groups is 1. The van der Waals surface area contributed by atoms with Crippen molar-refractivity contribution < 1.29 is 8.42 Å². The van der Waals surface area contributed by atoms with Gasteiger partial charge in [-0.2, -0.15) is 5.26 Å². The van der Waals surface area contributed by atoms with Gasteiger partial charge in [0.1, 0.15) is 0 Å². The molecule has 0 unspecified atom stereocenters. The number of nitriles is 1. The van der Waals surface area contributed by atoms with Gasteiger partial charge in [0.25, 0.3) is 0 Å². The van der Waals surface area contributed by atoms with Crippen LogP contribution >= 0.6 is 0 Å². The Morgan fingerprint density at radius 2 is 1.90 bits per heavy atom. The largest absolute Gasteiger partial charge is 0.222 e. The van der Waals surface area contributed by atoms with Crippen LogP contribution < -0.4 is 0 Å². The minimum Gasteiger partial charge on any atom is -0.222 e. The second-order valence-electron chi connectivity index (χ2n) is 6.29. The lowest BCUT2D eigenvalue weighted by molar-refractivity contribution is 0.198. The van der Waals surface area contributed by atoms with Crippen LogP contribution in [0.3, 0.4) is 0 Å². The summed E-state index contributed by atoms with van der Waals surface area (Å²) in [5.41, 5.74) is 1.63. The maximum absolute atomic E-state index is 12.9. The lowest BCUT2D eigenvalue weighted by Gasteiger charge is -2.44. The van der Waals surface area contributed by atoms with Crippen molar-refractivity contribution in [2.24, 2.45) is 11.8 Å². The molecule has 1 aliphatic rings. The Hall–Kier alpha value is -1.34. The molecule has 1 saturated carbocycles. The maximum atomic E-state index is 12.9. The molecule has 1 fully saturated rings. The van der Waals surface area contributed by atoms with Crippen molar-refractivity contribution in [3.8, 4) is 6.07 Å². The summed E-state index contributed by atoms with van der Waals surface area (Å²) in [6.45, 7) is 7.82. The molecule has 0 aliphatic heterocycles. The Labute approximate surface area is 121 Å². The van der Waals surface area contributed by atoms with Gasteiger partial charge >= 0.3 is 0 Å². The van der Waals surface area contributed by atoms with Crippen molar-refractivity contribution in [1.82, 2.24) is 0 Å². The second-order valence-corrected chi connectivity index (χ2v) is 8.52. The summed E-state index contributed by atoms with van der Waals surface area (Å²) >= 11 is 0. The van der Waals surface area contributed by atoms with Gasteiger partial charge in [-0.1, -0.05) is 26.0 Å². The maximum Gasteiger partial charge on any atom is 0.197 e. The van der Waals surface area contributed by atoms with E-state index in [1.807, 2.05) is 19.1 Å². The molecule has 3 nitrogen and oxygen atoms in total. The molecule has 0 saturated heterocycles. The van der Waals surface area contributed by atoms with Crippen LogP contribution in [0.4, 0.5) is 0 Å². The van der Waals surface area contributed by atoms with Crippen molar-refractivity contribution in [1.29, 1.82) is 5.26 Å². The van der Waals surface area contributed by atoms with Crippen LogP contribution in [0.2, 0.25) is 0 Å². The molecule has 1 aliphatic carbocycles. The SMILES string of the molecule is Cc1ccc(C)c(S(=O)(=O)C2(C#N)CC(C(C)C)C2)c1. The van der Waals surface area contributed by atoms with E-state index in [2.05, 4.69) is 19.9 Å². The van der Waals surface area contributed by atoms with Gasteiger partial charge in [-0.25, -0.2) is 8.42 Å². The molecule has 2 rings (SSSR count). The molecule has 1 aromatic rings. The quantitative estimate of drug-likeness (QED) is 0.857. The first-order valence-electron chi connectivity index (χ1n) is 6.96. The van der Waals surface area contributed by atoms with E-state index in [4.69, 9.17) is 0 Å². The van der Waals surface area contributed by atoms with E-state index in [9.17, 15) is 13.7 Å². The van der Waals surface area contributed by atoms with E-state index in [1.165, 1.54) is 0 Å². The van der Waals surface area contributed by atoms with Gasteiger partial charge in [-0.3, -0.25) is 0 Å². The van der Waals surface area contributed by atoms with Gasteiger partial charge in [0.05, 0.1) is 11.0 Å². The Morgan fingerprint density at radius 3 is 2.40 bits per heavy atom. The number of hydrogen-bond donors (Lipinski definition) is 0. The normalized spacial score (nSPS) is 26.1. The van der Waals surface area contributed by atoms with Gasteiger partial charge in [0.2, 0.25) is 0 Å². The highest BCUT2D eigenvalue weighted by Crippen LogP contribution is 2.49. The van der Waals surface area contributed by atoms with Crippen molar-refractivity contribution in [2.45, 2.75) is 50.2 Å². The molecule has 108 valence electrons. The Kier molecular flexibility index (Phi) is 3.68. The number of benzene rings is 1. The zero-order valence-corrected chi connectivity index (χ0v) is 13.3. The predicted molar refractivity (Wildman–Crippen MR) is 79.0 cm³/mol. The molecular weight excluding hydrogens is 270 g/mol. The topological polar surface area (TPSA) is 57.9 Å². The van der Waals surface area contributed by atoms with Crippen LogP contribution in [0.25, 0.3) is 0 Å². The summed E-state index contributed by atoms with van der Waals surface area (Å²) < 4.78 is 24.6. The number of nitrogens with zero attached hydrogens (tertiary/aromatic N) is 1. The molecule has 0 atom stereocenters. The summed E-state index contributed by atoms with van der Waals surface area (Å²) in [6, 6.07) is 7.49. The van der Waals surface area contributed by atoms with Gasteiger partial charge in [0.15, 0.2) is 14.6 Å². The zero-order chi connectivity index (χ0) is 15.1. The highest BCUT2D eigenvalue weighted by atomic mass is 32.2. The minimum absolute atomic E-state index is 0.321. The molecule has 20 heavy (non-hydrogen) atoms. The number of aryl methyl sites for hydroxylation is 2. The highest BCUT2D eigenvalue weighted by molar-refractivity contribution is 7.93. The first-order valence-corrected chi connectivity index (χ1v) is 8.45. The summed E-state index contributed by atoms with van der Waals surface area (Å²) in [5, 5.41) is 9.46.